The van der Waals surface area contributed by atoms with Crippen molar-refractivity contribution in [3.8, 4) is 11.4 Å². The van der Waals surface area contributed by atoms with E-state index in [0.717, 1.165) is 22.4 Å². The van der Waals surface area contributed by atoms with Crippen molar-refractivity contribution in [2.75, 3.05) is 0 Å². The number of aromatic amines is 1. The first kappa shape index (κ1) is 8.11. The number of hydrogen-bond donors (Lipinski definition) is 1. The summed E-state index contributed by atoms with van der Waals surface area (Å²) in [5, 5.41) is 7.81. The normalized spacial score (nSPS) is 10.7. The molecule has 0 fully saturated rings. The third-order valence-corrected chi connectivity index (χ3v) is 2.24. The number of hydrogen-bond acceptors (Lipinski definition) is 3. The summed E-state index contributed by atoms with van der Waals surface area (Å²) < 4.78 is 0. The van der Waals surface area contributed by atoms with Crippen molar-refractivity contribution in [2.24, 2.45) is 0 Å². The molecule has 15 heavy (non-hydrogen) atoms. The molecule has 0 aliphatic carbocycles. The maximum absolute atomic E-state index is 4.44. The third kappa shape index (κ3) is 1.36. The lowest BCUT2D eigenvalue weighted by atomic mass is 10.2. The van der Waals surface area contributed by atoms with Gasteiger partial charge in [0.25, 0.3) is 0 Å². The molecule has 0 aliphatic heterocycles. The minimum atomic E-state index is 0.754. The Morgan fingerprint density at radius 1 is 1.00 bits per heavy atom. The number of fused-ring (bicyclic) bond motifs is 1. The second-order valence-electron chi connectivity index (χ2n) is 3.22. The molecule has 3 heterocycles. The molecule has 4 nitrogen and oxygen atoms in total. The highest BCUT2D eigenvalue weighted by molar-refractivity contribution is 5.77. The molecular weight excluding hydrogens is 188 g/mol. The molecule has 72 valence electrons. The van der Waals surface area contributed by atoms with Gasteiger partial charge in [-0.3, -0.25) is 5.10 Å². The number of nitrogens with one attached hydrogen (secondary N) is 1. The number of pyridine rings is 2. The summed E-state index contributed by atoms with van der Waals surface area (Å²) in [6.45, 7) is 0. The van der Waals surface area contributed by atoms with Gasteiger partial charge in [-0.15, -0.1) is 0 Å². The summed E-state index contributed by atoms with van der Waals surface area (Å²) in [7, 11) is 0. The Labute approximate surface area is 86.0 Å². The molecule has 0 amide bonds. The summed E-state index contributed by atoms with van der Waals surface area (Å²) in [6.07, 6.45) is 3.45. The van der Waals surface area contributed by atoms with Gasteiger partial charge >= 0.3 is 0 Å². The molecule has 0 aliphatic rings. The lowest BCUT2D eigenvalue weighted by molar-refractivity contribution is 1.09. The van der Waals surface area contributed by atoms with Gasteiger partial charge in [-0.25, -0.2) is 9.97 Å². The summed E-state index contributed by atoms with van der Waals surface area (Å²) in [5.41, 5.74) is 2.52. The van der Waals surface area contributed by atoms with Crippen molar-refractivity contribution in [3.63, 3.8) is 0 Å². The lowest BCUT2D eigenvalue weighted by Crippen LogP contribution is -1.87. The smallest absolute Gasteiger partial charge is 0.159 e. The highest BCUT2D eigenvalue weighted by atomic mass is 15.1. The molecule has 0 bridgehead atoms. The molecule has 0 radical (unpaired) electrons. The third-order valence-electron chi connectivity index (χ3n) is 2.24. The van der Waals surface area contributed by atoms with Gasteiger partial charge in [-0.1, -0.05) is 0 Å². The van der Waals surface area contributed by atoms with Crippen molar-refractivity contribution >= 4 is 11.0 Å². The van der Waals surface area contributed by atoms with Crippen LogP contribution >= 0.6 is 0 Å². The SMILES string of the molecule is c1cnc2nc(-c3ccn[nH]3)ccc2c1. The second-order valence-corrected chi connectivity index (χ2v) is 3.22. The fourth-order valence-corrected chi connectivity index (χ4v) is 1.50. The van der Waals surface area contributed by atoms with Crippen molar-refractivity contribution in [2.45, 2.75) is 0 Å². The fourth-order valence-electron chi connectivity index (χ4n) is 1.50. The van der Waals surface area contributed by atoms with Gasteiger partial charge in [0.05, 0.1) is 11.4 Å². The van der Waals surface area contributed by atoms with Crippen LogP contribution in [0.1, 0.15) is 0 Å². The number of rotatable bonds is 1. The average Bonchev–Trinajstić information content (AvgIpc) is 2.82. The van der Waals surface area contributed by atoms with E-state index in [4.69, 9.17) is 0 Å². The second kappa shape index (κ2) is 3.16. The van der Waals surface area contributed by atoms with Crippen LogP contribution in [0.5, 0.6) is 0 Å². The van der Waals surface area contributed by atoms with Crippen molar-refractivity contribution < 1.29 is 0 Å². The molecule has 0 saturated heterocycles. The molecule has 0 atom stereocenters. The molecule has 4 heteroatoms. The van der Waals surface area contributed by atoms with E-state index in [1.165, 1.54) is 0 Å². The Hall–Kier alpha value is -2.23. The molecule has 0 unspecified atom stereocenters. The monoisotopic (exact) mass is 196 g/mol. The van der Waals surface area contributed by atoms with Gasteiger partial charge in [0.2, 0.25) is 0 Å². The molecule has 3 aromatic heterocycles. The number of nitrogens with zero attached hydrogens (tertiary/aromatic N) is 3. The predicted molar refractivity (Wildman–Crippen MR) is 57.1 cm³/mol. The Morgan fingerprint density at radius 3 is 2.87 bits per heavy atom. The van der Waals surface area contributed by atoms with E-state index in [1.807, 2.05) is 30.3 Å². The first-order chi connectivity index (χ1) is 7.43. The van der Waals surface area contributed by atoms with Crippen LogP contribution in [0, 0.1) is 0 Å². The summed E-state index contributed by atoms with van der Waals surface area (Å²) in [6, 6.07) is 9.74. The van der Waals surface area contributed by atoms with Gasteiger partial charge < -0.3 is 0 Å². The Bertz CT molecular complexity index is 586. The standard InChI is InChI=1S/C11H8N4/c1-2-8-3-4-9(10-5-7-13-15-10)14-11(8)12-6-1/h1-7H,(H,13,15). The lowest BCUT2D eigenvalue weighted by Gasteiger charge is -1.98. The highest BCUT2D eigenvalue weighted by Gasteiger charge is 2.01. The molecular formula is C11H8N4. The Balaban J connectivity index is 2.22. The minimum absolute atomic E-state index is 0.754. The summed E-state index contributed by atoms with van der Waals surface area (Å²) in [5.74, 6) is 0. The fraction of sp³-hybridized carbons (Fsp3) is 0. The zero-order chi connectivity index (χ0) is 10.1. The zero-order valence-corrected chi connectivity index (χ0v) is 7.88. The predicted octanol–water partition coefficient (Wildman–Crippen LogP) is 2.02. The minimum Gasteiger partial charge on any atom is -0.276 e. The van der Waals surface area contributed by atoms with Crippen LogP contribution in [0.2, 0.25) is 0 Å². The maximum Gasteiger partial charge on any atom is 0.159 e. The van der Waals surface area contributed by atoms with Crippen LogP contribution in [-0.2, 0) is 0 Å². The van der Waals surface area contributed by atoms with E-state index < -0.39 is 0 Å². The zero-order valence-electron chi connectivity index (χ0n) is 7.88. The van der Waals surface area contributed by atoms with Crippen LogP contribution in [0.3, 0.4) is 0 Å². The topological polar surface area (TPSA) is 54.5 Å². The number of aromatic nitrogens is 4. The number of H-pyrrole nitrogens is 1. The van der Waals surface area contributed by atoms with Crippen LogP contribution in [0.15, 0.2) is 42.7 Å². The molecule has 0 spiro atoms. The van der Waals surface area contributed by atoms with E-state index in [0.29, 0.717) is 0 Å². The average molecular weight is 196 g/mol. The maximum atomic E-state index is 4.44. The molecule has 3 rings (SSSR count). The molecule has 0 aromatic carbocycles. The highest BCUT2D eigenvalue weighted by Crippen LogP contribution is 2.16. The van der Waals surface area contributed by atoms with E-state index in [9.17, 15) is 0 Å². The van der Waals surface area contributed by atoms with Crippen LogP contribution in [0.4, 0.5) is 0 Å². The van der Waals surface area contributed by atoms with Gasteiger partial charge in [0.1, 0.15) is 0 Å². The largest absolute Gasteiger partial charge is 0.276 e. The quantitative estimate of drug-likeness (QED) is 0.647. The van der Waals surface area contributed by atoms with Crippen LogP contribution < -0.4 is 0 Å². The summed E-state index contributed by atoms with van der Waals surface area (Å²) >= 11 is 0. The molecule has 1 N–H and O–H groups in total. The van der Waals surface area contributed by atoms with E-state index in [2.05, 4.69) is 20.2 Å². The first-order valence-corrected chi connectivity index (χ1v) is 4.65. The van der Waals surface area contributed by atoms with Gasteiger partial charge in [0.15, 0.2) is 5.65 Å². The Kier molecular flexibility index (Phi) is 1.71. The van der Waals surface area contributed by atoms with Crippen LogP contribution in [0.25, 0.3) is 22.4 Å². The molecule has 0 saturated carbocycles. The Morgan fingerprint density at radius 2 is 2.00 bits per heavy atom. The van der Waals surface area contributed by atoms with E-state index in [-0.39, 0.29) is 0 Å². The van der Waals surface area contributed by atoms with Gasteiger partial charge in [0, 0.05) is 17.8 Å². The van der Waals surface area contributed by atoms with Crippen molar-refractivity contribution in [3.05, 3.63) is 42.7 Å². The van der Waals surface area contributed by atoms with Gasteiger partial charge in [-0.2, -0.15) is 5.10 Å². The summed E-state index contributed by atoms with van der Waals surface area (Å²) in [4.78, 5) is 8.64. The van der Waals surface area contributed by atoms with Crippen molar-refractivity contribution in [1.29, 1.82) is 0 Å². The van der Waals surface area contributed by atoms with E-state index in [1.54, 1.807) is 12.4 Å². The first-order valence-electron chi connectivity index (χ1n) is 4.65. The van der Waals surface area contributed by atoms with E-state index >= 15 is 0 Å². The van der Waals surface area contributed by atoms with Gasteiger partial charge in [-0.05, 0) is 30.3 Å². The molecule has 3 aromatic rings. The van der Waals surface area contributed by atoms with Crippen LogP contribution in [-0.4, -0.2) is 20.2 Å². The van der Waals surface area contributed by atoms with Crippen molar-refractivity contribution in [1.82, 2.24) is 20.2 Å².